The van der Waals surface area contributed by atoms with E-state index in [-0.39, 0.29) is 0 Å². The first-order valence-corrected chi connectivity index (χ1v) is 11.1. The number of piperidine rings is 2. The van der Waals surface area contributed by atoms with Crippen molar-refractivity contribution >= 4 is 16.9 Å². The molecule has 2 fully saturated rings. The summed E-state index contributed by atoms with van der Waals surface area (Å²) >= 11 is 0. The first kappa shape index (κ1) is 20.5. The average molecular weight is 432 g/mol. The Morgan fingerprint density at radius 2 is 1.81 bits per heavy atom. The molecular formula is C22H27F3N6. The average Bonchev–Trinajstić information content (AvgIpc) is 3.23. The van der Waals surface area contributed by atoms with E-state index in [9.17, 15) is 13.2 Å². The number of hydrogen-bond acceptors (Lipinski definition) is 5. The maximum Gasteiger partial charge on any atom is 0.397 e. The summed E-state index contributed by atoms with van der Waals surface area (Å²) in [6.45, 7) is 3.97. The number of H-pyrrole nitrogens is 1. The molecule has 0 radical (unpaired) electrons. The Balaban J connectivity index is 1.38. The second-order valence-electron chi connectivity index (χ2n) is 8.69. The summed E-state index contributed by atoms with van der Waals surface area (Å²) in [5.74, 6) is -1.06. The molecule has 31 heavy (non-hydrogen) atoms. The largest absolute Gasteiger partial charge is 0.397 e. The highest BCUT2D eigenvalue weighted by Gasteiger charge is 2.46. The molecule has 0 amide bonds. The molecule has 5 heterocycles. The van der Waals surface area contributed by atoms with Crippen LogP contribution < -0.4 is 0 Å². The molecule has 0 saturated carbocycles. The molecule has 5 rings (SSSR count). The van der Waals surface area contributed by atoms with Gasteiger partial charge in [-0.05, 0) is 57.0 Å². The molecule has 2 aromatic rings. The molecule has 1 N–H and O–H groups in total. The lowest BCUT2D eigenvalue weighted by molar-refractivity contribution is -0.166. The molecule has 0 spiro atoms. The second kappa shape index (κ2) is 8.26. The minimum atomic E-state index is -4.39. The first-order valence-electron chi connectivity index (χ1n) is 11.1. The standard InChI is InChI=1S/C22H27F3N6/c23-22(24,25)17-6-7-18(27-20(17)19-16-5-4-10-26-21(16)29-28-19)31-13-8-15(9-14-31)30-11-2-1-3-12-30/h4-7,10,15,17,20H,1-3,8-9,11-14H2,(H,26,28,29). The van der Waals surface area contributed by atoms with Crippen molar-refractivity contribution in [3.05, 3.63) is 36.2 Å². The Bertz CT molecular complexity index is 967. The zero-order valence-electron chi connectivity index (χ0n) is 17.4. The number of halogens is 3. The number of nitrogens with zero attached hydrogens (tertiary/aromatic N) is 5. The van der Waals surface area contributed by atoms with Crippen molar-refractivity contribution in [2.75, 3.05) is 26.2 Å². The van der Waals surface area contributed by atoms with Gasteiger partial charge < -0.3 is 9.80 Å². The van der Waals surface area contributed by atoms with Gasteiger partial charge in [0, 0.05) is 30.7 Å². The molecule has 2 saturated heterocycles. The number of alkyl halides is 3. The SMILES string of the molecule is FC(F)(F)C1C=CC(N2CCC(N3CCCCC3)CC2)=NC1c1[nH]nc2ncccc12. The van der Waals surface area contributed by atoms with Crippen molar-refractivity contribution < 1.29 is 13.2 Å². The quantitative estimate of drug-likeness (QED) is 0.776. The van der Waals surface area contributed by atoms with Crippen molar-refractivity contribution in [2.24, 2.45) is 10.9 Å². The highest BCUT2D eigenvalue weighted by molar-refractivity contribution is 5.94. The molecule has 0 bridgehead atoms. The number of aliphatic imine (C=N–C) groups is 1. The number of likely N-dealkylation sites (tertiary alicyclic amines) is 2. The van der Waals surface area contributed by atoms with E-state index in [0.29, 0.717) is 28.6 Å². The molecule has 3 aliphatic heterocycles. The molecule has 2 atom stereocenters. The van der Waals surface area contributed by atoms with Crippen LogP contribution in [-0.2, 0) is 0 Å². The van der Waals surface area contributed by atoms with E-state index in [0.717, 1.165) is 25.9 Å². The van der Waals surface area contributed by atoms with Crippen molar-refractivity contribution in [1.82, 2.24) is 25.0 Å². The summed E-state index contributed by atoms with van der Waals surface area (Å²) < 4.78 is 41.5. The van der Waals surface area contributed by atoms with Gasteiger partial charge in [0.1, 0.15) is 17.8 Å². The second-order valence-corrected chi connectivity index (χ2v) is 8.69. The number of dihydropyridines is 1. The number of aromatic amines is 1. The van der Waals surface area contributed by atoms with Crippen molar-refractivity contribution in [2.45, 2.75) is 50.4 Å². The highest BCUT2D eigenvalue weighted by Crippen LogP contribution is 2.42. The highest BCUT2D eigenvalue weighted by atomic mass is 19.4. The van der Waals surface area contributed by atoms with E-state index in [1.54, 1.807) is 24.4 Å². The van der Waals surface area contributed by atoms with Gasteiger partial charge in [0.2, 0.25) is 0 Å². The fraction of sp³-hybridized carbons (Fsp3) is 0.591. The minimum absolute atomic E-state index is 0.371. The van der Waals surface area contributed by atoms with E-state index < -0.39 is 18.1 Å². The number of fused-ring (bicyclic) bond motifs is 1. The maximum absolute atomic E-state index is 13.8. The minimum Gasteiger partial charge on any atom is -0.357 e. The van der Waals surface area contributed by atoms with Gasteiger partial charge in [0.15, 0.2) is 5.65 Å². The summed E-state index contributed by atoms with van der Waals surface area (Å²) in [6, 6.07) is 2.94. The first-order chi connectivity index (χ1) is 15.0. The number of pyridine rings is 1. The number of nitrogens with one attached hydrogen (secondary N) is 1. The summed E-state index contributed by atoms with van der Waals surface area (Å²) in [5.41, 5.74) is 0.780. The molecule has 6 nitrogen and oxygen atoms in total. The fourth-order valence-corrected chi connectivity index (χ4v) is 5.12. The van der Waals surface area contributed by atoms with Gasteiger partial charge in [-0.3, -0.25) is 10.1 Å². The van der Waals surface area contributed by atoms with Crippen LogP contribution in [0.15, 0.2) is 35.5 Å². The van der Waals surface area contributed by atoms with Crippen LogP contribution in [0.25, 0.3) is 11.0 Å². The number of rotatable bonds is 2. The third-order valence-corrected chi connectivity index (χ3v) is 6.79. The summed E-state index contributed by atoms with van der Waals surface area (Å²) in [5, 5.41) is 7.46. The van der Waals surface area contributed by atoms with Crippen LogP contribution in [0.4, 0.5) is 13.2 Å². The molecule has 0 aromatic carbocycles. The van der Waals surface area contributed by atoms with E-state index >= 15 is 0 Å². The normalized spacial score (nSPS) is 26.4. The Morgan fingerprint density at radius 1 is 1.03 bits per heavy atom. The van der Waals surface area contributed by atoms with Crippen LogP contribution in [-0.4, -0.2) is 69.2 Å². The van der Waals surface area contributed by atoms with Crippen LogP contribution in [0.5, 0.6) is 0 Å². The Morgan fingerprint density at radius 3 is 2.55 bits per heavy atom. The summed E-state index contributed by atoms with van der Waals surface area (Å²) in [7, 11) is 0. The molecular weight excluding hydrogens is 405 g/mol. The van der Waals surface area contributed by atoms with Gasteiger partial charge in [-0.1, -0.05) is 12.5 Å². The molecule has 2 aromatic heterocycles. The Hall–Kier alpha value is -2.42. The fourth-order valence-electron chi connectivity index (χ4n) is 5.12. The zero-order valence-corrected chi connectivity index (χ0v) is 17.4. The number of amidine groups is 1. The van der Waals surface area contributed by atoms with E-state index in [1.165, 1.54) is 38.4 Å². The number of aromatic nitrogens is 3. The topological polar surface area (TPSA) is 60.4 Å². The lowest BCUT2D eigenvalue weighted by atomic mass is 9.92. The van der Waals surface area contributed by atoms with Crippen LogP contribution in [0.2, 0.25) is 0 Å². The molecule has 3 aliphatic rings. The predicted molar refractivity (Wildman–Crippen MR) is 113 cm³/mol. The zero-order chi connectivity index (χ0) is 21.4. The predicted octanol–water partition coefficient (Wildman–Crippen LogP) is 4.10. The molecule has 9 heteroatoms. The van der Waals surface area contributed by atoms with Gasteiger partial charge in [-0.15, -0.1) is 0 Å². The Labute approximate surface area is 179 Å². The lowest BCUT2D eigenvalue weighted by Gasteiger charge is -2.41. The summed E-state index contributed by atoms with van der Waals surface area (Å²) in [6.07, 6.45) is 5.89. The number of hydrogen-bond donors (Lipinski definition) is 1. The molecule has 0 aliphatic carbocycles. The van der Waals surface area contributed by atoms with Gasteiger partial charge in [-0.25, -0.2) is 4.98 Å². The van der Waals surface area contributed by atoms with Crippen molar-refractivity contribution in [3.8, 4) is 0 Å². The third-order valence-electron chi connectivity index (χ3n) is 6.79. The van der Waals surface area contributed by atoms with Gasteiger partial charge >= 0.3 is 6.18 Å². The summed E-state index contributed by atoms with van der Waals surface area (Å²) in [4.78, 5) is 13.5. The van der Waals surface area contributed by atoms with Gasteiger partial charge in [0.25, 0.3) is 0 Å². The monoisotopic (exact) mass is 432 g/mol. The van der Waals surface area contributed by atoms with E-state index in [1.807, 2.05) is 0 Å². The maximum atomic E-state index is 13.8. The molecule has 166 valence electrons. The van der Waals surface area contributed by atoms with Crippen LogP contribution >= 0.6 is 0 Å². The Kier molecular flexibility index (Phi) is 5.45. The van der Waals surface area contributed by atoms with E-state index in [4.69, 9.17) is 0 Å². The van der Waals surface area contributed by atoms with Crippen LogP contribution in [0.1, 0.15) is 43.8 Å². The lowest BCUT2D eigenvalue weighted by Crippen LogP contribution is -2.48. The van der Waals surface area contributed by atoms with Crippen molar-refractivity contribution in [1.29, 1.82) is 0 Å². The van der Waals surface area contributed by atoms with Crippen molar-refractivity contribution in [3.63, 3.8) is 0 Å². The van der Waals surface area contributed by atoms with Crippen LogP contribution in [0.3, 0.4) is 0 Å². The van der Waals surface area contributed by atoms with E-state index in [2.05, 4.69) is 30.0 Å². The van der Waals surface area contributed by atoms with Gasteiger partial charge in [0.05, 0.1) is 5.69 Å². The molecule has 2 unspecified atom stereocenters. The smallest absolute Gasteiger partial charge is 0.357 e. The van der Waals surface area contributed by atoms with Crippen LogP contribution in [0, 0.1) is 5.92 Å². The third kappa shape index (κ3) is 4.07. The van der Waals surface area contributed by atoms with Gasteiger partial charge in [-0.2, -0.15) is 18.3 Å².